The summed E-state index contributed by atoms with van der Waals surface area (Å²) in [5, 5.41) is 22.2. The largest absolute Gasteiger partial charge is 0.383 e. The molecule has 0 spiro atoms. The van der Waals surface area contributed by atoms with Crippen molar-refractivity contribution in [1.29, 1.82) is 0 Å². The molecule has 0 bridgehead atoms. The van der Waals surface area contributed by atoms with E-state index in [-0.39, 0.29) is 6.54 Å². The van der Waals surface area contributed by atoms with E-state index in [0.717, 1.165) is 0 Å². The Balaban J connectivity index is 2.72. The molecule has 0 aliphatic carbocycles. The molecule has 11 heavy (non-hydrogen) atoms. The number of halogens is 1. The van der Waals surface area contributed by atoms with Crippen LogP contribution in [0.2, 0.25) is 0 Å². The highest BCUT2D eigenvalue weighted by Gasteiger charge is 2.33. The fraction of sp³-hybridized carbons (Fsp3) is 0.600. The molecular formula is C5H7BrN2O3. The van der Waals surface area contributed by atoms with E-state index in [2.05, 4.69) is 21.2 Å². The van der Waals surface area contributed by atoms with Crippen molar-refractivity contribution in [2.24, 2.45) is 0 Å². The van der Waals surface area contributed by atoms with E-state index < -0.39 is 17.1 Å². The molecular weight excluding hydrogens is 216 g/mol. The molecule has 1 rings (SSSR count). The van der Waals surface area contributed by atoms with E-state index >= 15 is 0 Å². The van der Waals surface area contributed by atoms with Gasteiger partial charge in [0.25, 0.3) is 6.04 Å². The molecule has 0 fully saturated rings. The maximum atomic E-state index is 10.3. The van der Waals surface area contributed by atoms with Gasteiger partial charge in [0.05, 0.1) is 6.54 Å². The molecule has 0 saturated heterocycles. The van der Waals surface area contributed by atoms with E-state index in [1.54, 1.807) is 0 Å². The topological polar surface area (TPSA) is 75.4 Å². The van der Waals surface area contributed by atoms with Gasteiger partial charge in [-0.2, -0.15) is 0 Å². The summed E-state index contributed by atoms with van der Waals surface area (Å²) in [6.07, 6.45) is 0.497. The predicted molar refractivity (Wildman–Crippen MR) is 41.8 cm³/mol. The highest BCUT2D eigenvalue weighted by molar-refractivity contribution is 9.11. The third-order valence-corrected chi connectivity index (χ3v) is 2.18. The van der Waals surface area contributed by atoms with Crippen LogP contribution in [0.3, 0.4) is 0 Å². The Morgan fingerprint density at radius 2 is 2.55 bits per heavy atom. The first-order chi connectivity index (χ1) is 5.13. The number of aliphatic hydroxyl groups excluding tert-OH is 1. The Labute approximate surface area is 71.4 Å². The minimum Gasteiger partial charge on any atom is -0.383 e. The van der Waals surface area contributed by atoms with Crippen LogP contribution in [0.5, 0.6) is 0 Å². The minimum absolute atomic E-state index is 0.170. The summed E-state index contributed by atoms with van der Waals surface area (Å²) in [4.78, 5) is 9.77. The Bertz CT molecular complexity index is 206. The summed E-state index contributed by atoms with van der Waals surface area (Å²) < 4.78 is 0.422. The molecule has 0 radical (unpaired) electrons. The minimum atomic E-state index is -1.02. The summed E-state index contributed by atoms with van der Waals surface area (Å²) in [5.74, 6) is 0. The first kappa shape index (κ1) is 8.48. The highest BCUT2D eigenvalue weighted by atomic mass is 79.9. The quantitative estimate of drug-likeness (QED) is 0.478. The van der Waals surface area contributed by atoms with Crippen LogP contribution < -0.4 is 5.32 Å². The van der Waals surface area contributed by atoms with Crippen LogP contribution in [0.1, 0.15) is 0 Å². The van der Waals surface area contributed by atoms with Crippen LogP contribution in [0.4, 0.5) is 0 Å². The van der Waals surface area contributed by atoms with E-state index in [9.17, 15) is 15.2 Å². The number of nitro groups is 1. The molecule has 5 nitrogen and oxygen atoms in total. The van der Waals surface area contributed by atoms with Gasteiger partial charge in [0.2, 0.25) is 0 Å². The van der Waals surface area contributed by atoms with Gasteiger partial charge in [-0.15, -0.1) is 0 Å². The van der Waals surface area contributed by atoms with Gasteiger partial charge in [-0.05, 0) is 0 Å². The Morgan fingerprint density at radius 3 is 3.00 bits per heavy atom. The Morgan fingerprint density at radius 1 is 1.91 bits per heavy atom. The maximum absolute atomic E-state index is 10.3. The average molecular weight is 223 g/mol. The van der Waals surface area contributed by atoms with Crippen molar-refractivity contribution in [2.75, 3.05) is 6.54 Å². The van der Waals surface area contributed by atoms with Crippen LogP contribution in [-0.4, -0.2) is 28.7 Å². The summed E-state index contributed by atoms with van der Waals surface area (Å²) in [7, 11) is 0. The molecule has 1 heterocycles. The van der Waals surface area contributed by atoms with Gasteiger partial charge in [-0.3, -0.25) is 10.1 Å². The molecule has 2 atom stereocenters. The summed E-state index contributed by atoms with van der Waals surface area (Å²) in [5.41, 5.74) is 0. The lowest BCUT2D eigenvalue weighted by molar-refractivity contribution is -0.530. The lowest BCUT2D eigenvalue weighted by atomic mass is 10.1. The van der Waals surface area contributed by atoms with Crippen molar-refractivity contribution < 1.29 is 10.0 Å². The Kier molecular flexibility index (Phi) is 2.45. The van der Waals surface area contributed by atoms with E-state index in [1.165, 1.54) is 6.20 Å². The second-order valence-corrected chi connectivity index (χ2v) is 3.15. The van der Waals surface area contributed by atoms with Crippen LogP contribution in [-0.2, 0) is 0 Å². The SMILES string of the molecule is O=[N+]([O-])[C@@H]1CNC=C(Br)[C@H]1O. The van der Waals surface area contributed by atoms with E-state index in [1.807, 2.05) is 0 Å². The molecule has 0 aromatic heterocycles. The fourth-order valence-corrected chi connectivity index (χ4v) is 1.31. The zero-order valence-corrected chi connectivity index (χ0v) is 7.11. The van der Waals surface area contributed by atoms with Crippen LogP contribution in [0.15, 0.2) is 10.7 Å². The van der Waals surface area contributed by atoms with Crippen LogP contribution in [0, 0.1) is 10.1 Å². The van der Waals surface area contributed by atoms with Crippen LogP contribution >= 0.6 is 15.9 Å². The van der Waals surface area contributed by atoms with Crippen molar-refractivity contribution >= 4 is 15.9 Å². The monoisotopic (exact) mass is 222 g/mol. The molecule has 0 amide bonds. The molecule has 0 aromatic rings. The average Bonchev–Trinajstić information content (AvgIpc) is 1.94. The van der Waals surface area contributed by atoms with Gasteiger partial charge < -0.3 is 10.4 Å². The zero-order valence-electron chi connectivity index (χ0n) is 5.53. The smallest absolute Gasteiger partial charge is 0.260 e. The van der Waals surface area contributed by atoms with Gasteiger partial charge in [-0.1, -0.05) is 15.9 Å². The van der Waals surface area contributed by atoms with Gasteiger partial charge >= 0.3 is 0 Å². The molecule has 6 heteroatoms. The predicted octanol–water partition coefficient (Wildman–Crippen LogP) is -0.168. The maximum Gasteiger partial charge on any atom is 0.260 e. The van der Waals surface area contributed by atoms with Crippen molar-refractivity contribution in [3.8, 4) is 0 Å². The van der Waals surface area contributed by atoms with Crippen molar-refractivity contribution in [3.63, 3.8) is 0 Å². The molecule has 0 unspecified atom stereocenters. The lowest BCUT2D eigenvalue weighted by Crippen LogP contribution is -2.44. The van der Waals surface area contributed by atoms with Crippen molar-refractivity contribution in [1.82, 2.24) is 5.32 Å². The lowest BCUT2D eigenvalue weighted by Gasteiger charge is -2.20. The normalized spacial score (nSPS) is 30.5. The molecule has 0 saturated carbocycles. The zero-order chi connectivity index (χ0) is 8.43. The molecule has 1 aliphatic rings. The standard InChI is InChI=1S/C5H7BrN2O3/c6-3-1-7-2-4(5(3)9)8(10)11/h1,4-5,7,9H,2H2/t4-,5-/m1/s1. The third kappa shape index (κ3) is 1.69. The second-order valence-electron chi connectivity index (χ2n) is 2.24. The number of nitrogens with one attached hydrogen (secondary N) is 1. The summed E-state index contributed by atoms with van der Waals surface area (Å²) >= 11 is 3.01. The Hall–Kier alpha value is -0.620. The van der Waals surface area contributed by atoms with Crippen molar-refractivity contribution in [2.45, 2.75) is 12.1 Å². The molecule has 0 aromatic carbocycles. The third-order valence-electron chi connectivity index (χ3n) is 1.48. The second kappa shape index (κ2) is 3.19. The number of hydrogen-bond acceptors (Lipinski definition) is 4. The highest BCUT2D eigenvalue weighted by Crippen LogP contribution is 2.17. The van der Waals surface area contributed by atoms with Crippen molar-refractivity contribution in [3.05, 3.63) is 20.8 Å². The molecule has 62 valence electrons. The van der Waals surface area contributed by atoms with E-state index in [0.29, 0.717) is 4.48 Å². The van der Waals surface area contributed by atoms with E-state index in [4.69, 9.17) is 0 Å². The number of aliphatic hydroxyl groups is 1. The molecule has 1 aliphatic heterocycles. The van der Waals surface area contributed by atoms with Gasteiger partial charge in [0.1, 0.15) is 0 Å². The number of hydrogen-bond donors (Lipinski definition) is 2. The number of nitrogens with zero attached hydrogens (tertiary/aromatic N) is 1. The fourth-order valence-electron chi connectivity index (χ4n) is 0.848. The van der Waals surface area contributed by atoms with Gasteiger partial charge in [-0.25, -0.2) is 0 Å². The number of rotatable bonds is 1. The first-order valence-corrected chi connectivity index (χ1v) is 3.82. The van der Waals surface area contributed by atoms with Gasteiger partial charge in [0.15, 0.2) is 6.10 Å². The molecule has 2 N–H and O–H groups in total. The first-order valence-electron chi connectivity index (χ1n) is 3.03. The summed E-state index contributed by atoms with van der Waals surface area (Å²) in [6, 6.07) is -0.950. The van der Waals surface area contributed by atoms with Gasteiger partial charge in [0, 0.05) is 15.6 Å². The summed E-state index contributed by atoms with van der Waals surface area (Å²) in [6.45, 7) is 0.170. The van der Waals surface area contributed by atoms with Crippen LogP contribution in [0.25, 0.3) is 0 Å².